The third-order valence-electron chi connectivity index (χ3n) is 2.48. The molecule has 0 saturated carbocycles. The first-order valence-electron chi connectivity index (χ1n) is 4.59. The first-order valence-corrected chi connectivity index (χ1v) is 5.71. The molecule has 1 nitrogen and oxygen atoms in total. The minimum absolute atomic E-state index is 0.267. The summed E-state index contributed by atoms with van der Waals surface area (Å²) in [5, 5.41) is 1.05. The number of hydrogen-bond acceptors (Lipinski definition) is 1. The zero-order chi connectivity index (χ0) is 9.94. The monoisotopic (exact) mass is 235 g/mol. The fourth-order valence-electron chi connectivity index (χ4n) is 1.23. The summed E-state index contributed by atoms with van der Waals surface area (Å²) in [5.74, 6) is 0.702. The van der Waals surface area contributed by atoms with Gasteiger partial charge in [-0.3, -0.25) is 4.90 Å². The zero-order valence-corrected chi connectivity index (χ0v) is 10.8. The topological polar surface area (TPSA) is 3.24 Å². The maximum Gasteiger partial charge on any atom is 0.0217 e. The van der Waals surface area contributed by atoms with Crippen LogP contribution in [0.15, 0.2) is 0 Å². The molecule has 0 rings (SSSR count). The Morgan fingerprint density at radius 2 is 1.67 bits per heavy atom. The van der Waals surface area contributed by atoms with Gasteiger partial charge in [-0.05, 0) is 33.7 Å². The van der Waals surface area contributed by atoms with E-state index in [1.54, 1.807) is 0 Å². The molecule has 0 aromatic heterocycles. The fourth-order valence-corrected chi connectivity index (χ4v) is 2.41. The van der Waals surface area contributed by atoms with Crippen molar-refractivity contribution in [1.82, 2.24) is 4.90 Å². The van der Waals surface area contributed by atoms with E-state index in [1.807, 2.05) is 0 Å². The Balaban J connectivity index is 4.32. The van der Waals surface area contributed by atoms with Crippen molar-refractivity contribution in [2.45, 2.75) is 46.2 Å². The summed E-state index contributed by atoms with van der Waals surface area (Å²) in [6, 6.07) is 0.630. The van der Waals surface area contributed by atoms with Crippen LogP contribution < -0.4 is 0 Å². The maximum absolute atomic E-state index is 3.57. The van der Waals surface area contributed by atoms with Gasteiger partial charge in [0.2, 0.25) is 0 Å². The highest BCUT2D eigenvalue weighted by molar-refractivity contribution is 9.09. The van der Waals surface area contributed by atoms with Gasteiger partial charge in [0.1, 0.15) is 0 Å². The molecule has 0 aromatic carbocycles. The molecular formula is C10H22BrN. The molecule has 0 spiro atoms. The van der Waals surface area contributed by atoms with E-state index < -0.39 is 0 Å². The number of hydrogen-bond donors (Lipinski definition) is 0. The molecule has 0 heterocycles. The molecule has 2 heteroatoms. The van der Waals surface area contributed by atoms with Gasteiger partial charge in [-0.15, -0.1) is 0 Å². The van der Waals surface area contributed by atoms with Crippen LogP contribution >= 0.6 is 15.9 Å². The Morgan fingerprint density at radius 1 is 1.25 bits per heavy atom. The summed E-state index contributed by atoms with van der Waals surface area (Å²) in [5.41, 5.74) is 0.267. The summed E-state index contributed by atoms with van der Waals surface area (Å²) in [4.78, 5) is 2.44. The van der Waals surface area contributed by atoms with E-state index >= 15 is 0 Å². The average molecular weight is 236 g/mol. The highest BCUT2D eigenvalue weighted by Gasteiger charge is 2.26. The van der Waals surface area contributed by atoms with Gasteiger partial charge in [0.15, 0.2) is 0 Å². The molecular weight excluding hydrogens is 214 g/mol. The van der Waals surface area contributed by atoms with Crippen LogP contribution in [-0.2, 0) is 0 Å². The molecule has 0 bridgehead atoms. The van der Waals surface area contributed by atoms with E-state index in [9.17, 15) is 0 Å². The highest BCUT2D eigenvalue weighted by Crippen LogP contribution is 2.20. The predicted molar refractivity (Wildman–Crippen MR) is 59.9 cm³/mol. The second kappa shape index (κ2) is 4.61. The number of alkyl halides is 1. The van der Waals surface area contributed by atoms with Crippen molar-refractivity contribution < 1.29 is 0 Å². The molecule has 74 valence electrons. The van der Waals surface area contributed by atoms with Crippen molar-refractivity contribution in [3.8, 4) is 0 Å². The van der Waals surface area contributed by atoms with Crippen LogP contribution in [0.25, 0.3) is 0 Å². The van der Waals surface area contributed by atoms with Crippen molar-refractivity contribution in [3.05, 3.63) is 0 Å². The number of nitrogens with zero attached hydrogens (tertiary/aromatic N) is 1. The van der Waals surface area contributed by atoms with E-state index in [0.717, 1.165) is 5.33 Å². The molecule has 0 aliphatic rings. The molecule has 0 aliphatic heterocycles. The molecule has 1 unspecified atom stereocenters. The van der Waals surface area contributed by atoms with Crippen LogP contribution in [0, 0.1) is 5.92 Å². The first-order chi connectivity index (χ1) is 5.30. The second-order valence-electron chi connectivity index (χ2n) is 4.75. The zero-order valence-electron chi connectivity index (χ0n) is 9.19. The van der Waals surface area contributed by atoms with Crippen LogP contribution in [0.1, 0.15) is 34.6 Å². The maximum atomic E-state index is 3.57. The van der Waals surface area contributed by atoms with Crippen molar-refractivity contribution in [2.24, 2.45) is 5.92 Å². The minimum Gasteiger partial charge on any atom is -0.297 e. The van der Waals surface area contributed by atoms with E-state index in [-0.39, 0.29) is 5.54 Å². The second-order valence-corrected chi connectivity index (χ2v) is 5.39. The van der Waals surface area contributed by atoms with Crippen LogP contribution in [0.4, 0.5) is 0 Å². The van der Waals surface area contributed by atoms with Crippen LogP contribution in [0.2, 0.25) is 0 Å². The Labute approximate surface area is 85.7 Å². The number of halogens is 1. The lowest BCUT2D eigenvalue weighted by molar-refractivity contribution is 0.102. The average Bonchev–Trinajstić information content (AvgIpc) is 1.86. The SMILES string of the molecule is CC(C)C(CBr)N(C)C(C)(C)C. The Morgan fingerprint density at radius 3 is 1.75 bits per heavy atom. The first kappa shape index (κ1) is 12.4. The van der Waals surface area contributed by atoms with Crippen molar-refractivity contribution in [3.63, 3.8) is 0 Å². The molecule has 0 saturated heterocycles. The molecule has 12 heavy (non-hydrogen) atoms. The lowest BCUT2D eigenvalue weighted by Gasteiger charge is -2.40. The summed E-state index contributed by atoms with van der Waals surface area (Å²) < 4.78 is 0. The Bertz CT molecular complexity index is 126. The quantitative estimate of drug-likeness (QED) is 0.680. The van der Waals surface area contributed by atoms with Gasteiger partial charge in [0, 0.05) is 16.9 Å². The van der Waals surface area contributed by atoms with E-state index in [0.29, 0.717) is 12.0 Å². The van der Waals surface area contributed by atoms with Gasteiger partial charge in [0.25, 0.3) is 0 Å². The smallest absolute Gasteiger partial charge is 0.0217 e. The van der Waals surface area contributed by atoms with Gasteiger partial charge in [-0.1, -0.05) is 29.8 Å². The lowest BCUT2D eigenvalue weighted by Crippen LogP contribution is -2.48. The standard InChI is InChI=1S/C10H22BrN/c1-8(2)9(7-11)12(6)10(3,4)5/h8-9H,7H2,1-6H3. The minimum atomic E-state index is 0.267. The molecule has 0 aromatic rings. The molecule has 0 amide bonds. The summed E-state index contributed by atoms with van der Waals surface area (Å²) >= 11 is 3.57. The predicted octanol–water partition coefficient (Wildman–Crippen LogP) is 3.14. The molecule has 0 aliphatic carbocycles. The Hall–Kier alpha value is 0.440. The van der Waals surface area contributed by atoms with Gasteiger partial charge in [0.05, 0.1) is 0 Å². The van der Waals surface area contributed by atoms with E-state index in [1.165, 1.54) is 0 Å². The highest BCUT2D eigenvalue weighted by atomic mass is 79.9. The lowest BCUT2D eigenvalue weighted by atomic mass is 9.98. The summed E-state index contributed by atoms with van der Waals surface area (Å²) in [7, 11) is 2.20. The molecule has 0 N–H and O–H groups in total. The van der Waals surface area contributed by atoms with Crippen LogP contribution in [0.5, 0.6) is 0 Å². The van der Waals surface area contributed by atoms with Crippen LogP contribution in [-0.4, -0.2) is 28.9 Å². The van der Waals surface area contributed by atoms with Gasteiger partial charge in [-0.25, -0.2) is 0 Å². The van der Waals surface area contributed by atoms with Gasteiger partial charge < -0.3 is 0 Å². The Kier molecular flexibility index (Phi) is 4.78. The van der Waals surface area contributed by atoms with Crippen molar-refractivity contribution in [1.29, 1.82) is 0 Å². The normalized spacial score (nSPS) is 15.8. The number of rotatable bonds is 3. The largest absolute Gasteiger partial charge is 0.297 e. The molecule has 1 atom stereocenters. The fraction of sp³-hybridized carbons (Fsp3) is 1.00. The van der Waals surface area contributed by atoms with Crippen molar-refractivity contribution in [2.75, 3.05) is 12.4 Å². The molecule has 0 fully saturated rings. The summed E-state index contributed by atoms with van der Waals surface area (Å²) in [6.07, 6.45) is 0. The van der Waals surface area contributed by atoms with Gasteiger partial charge >= 0.3 is 0 Å². The third-order valence-corrected chi connectivity index (χ3v) is 3.15. The van der Waals surface area contributed by atoms with Crippen LogP contribution in [0.3, 0.4) is 0 Å². The van der Waals surface area contributed by atoms with E-state index in [4.69, 9.17) is 0 Å². The van der Waals surface area contributed by atoms with Gasteiger partial charge in [-0.2, -0.15) is 0 Å². The summed E-state index contributed by atoms with van der Waals surface area (Å²) in [6.45, 7) is 11.3. The van der Waals surface area contributed by atoms with Crippen molar-refractivity contribution >= 4 is 15.9 Å². The molecule has 0 radical (unpaired) electrons. The third kappa shape index (κ3) is 3.44. The van der Waals surface area contributed by atoms with E-state index in [2.05, 4.69) is 62.5 Å².